The Morgan fingerprint density at radius 2 is 1.47 bits per heavy atom. The van der Waals surface area contributed by atoms with E-state index in [1.54, 1.807) is 0 Å². The molecular formula is C14H19F2N. The second kappa shape index (κ2) is 4.28. The summed E-state index contributed by atoms with van der Waals surface area (Å²) in [5.74, 6) is -0.862. The van der Waals surface area contributed by atoms with Crippen molar-refractivity contribution >= 4 is 5.69 Å². The third-order valence-electron chi connectivity index (χ3n) is 3.25. The van der Waals surface area contributed by atoms with Gasteiger partial charge in [-0.1, -0.05) is 20.8 Å². The van der Waals surface area contributed by atoms with E-state index in [1.807, 2.05) is 25.7 Å². The van der Waals surface area contributed by atoms with Gasteiger partial charge in [-0.05, 0) is 30.4 Å². The number of hydrogen-bond acceptors (Lipinski definition) is 1. The van der Waals surface area contributed by atoms with Crippen LogP contribution in [0.25, 0.3) is 0 Å². The molecule has 0 N–H and O–H groups in total. The van der Waals surface area contributed by atoms with Crippen molar-refractivity contribution in [3.63, 3.8) is 0 Å². The summed E-state index contributed by atoms with van der Waals surface area (Å²) in [6.07, 6.45) is 2.20. The van der Waals surface area contributed by atoms with Crippen LogP contribution in [-0.2, 0) is 5.41 Å². The Morgan fingerprint density at radius 1 is 1.00 bits per heavy atom. The molecule has 0 amide bonds. The Morgan fingerprint density at radius 3 is 1.88 bits per heavy atom. The zero-order chi connectivity index (χ0) is 12.6. The molecule has 1 nitrogen and oxygen atoms in total. The van der Waals surface area contributed by atoms with Gasteiger partial charge in [0.05, 0.1) is 0 Å². The van der Waals surface area contributed by atoms with Crippen LogP contribution in [0.5, 0.6) is 0 Å². The van der Waals surface area contributed by atoms with E-state index in [4.69, 9.17) is 0 Å². The molecule has 2 rings (SSSR count). The van der Waals surface area contributed by atoms with Gasteiger partial charge in [-0.2, -0.15) is 0 Å². The summed E-state index contributed by atoms with van der Waals surface area (Å²) in [7, 11) is 0. The minimum atomic E-state index is -0.502. The second-order valence-corrected chi connectivity index (χ2v) is 5.73. The van der Waals surface area contributed by atoms with E-state index in [0.717, 1.165) is 25.9 Å². The molecule has 0 unspecified atom stereocenters. The quantitative estimate of drug-likeness (QED) is 0.719. The standard InChI is InChI=1S/C14H19F2N/c1-14(2,3)13-11(15)8-10(9-12(13)16)17-6-4-5-7-17/h8-9H,4-7H2,1-3H3. The van der Waals surface area contributed by atoms with Crippen molar-refractivity contribution in [2.24, 2.45) is 0 Å². The van der Waals surface area contributed by atoms with Gasteiger partial charge >= 0.3 is 0 Å². The Bertz CT molecular complexity index is 392. The van der Waals surface area contributed by atoms with Gasteiger partial charge in [-0.15, -0.1) is 0 Å². The monoisotopic (exact) mass is 239 g/mol. The van der Waals surface area contributed by atoms with Crippen LogP contribution >= 0.6 is 0 Å². The van der Waals surface area contributed by atoms with Crippen molar-refractivity contribution in [2.45, 2.75) is 39.0 Å². The number of benzene rings is 1. The SMILES string of the molecule is CC(C)(C)c1c(F)cc(N2CCCC2)cc1F. The highest BCUT2D eigenvalue weighted by Crippen LogP contribution is 2.32. The lowest BCUT2D eigenvalue weighted by atomic mass is 9.86. The Kier molecular flexibility index (Phi) is 3.11. The third kappa shape index (κ3) is 2.43. The number of anilines is 1. The van der Waals surface area contributed by atoms with Gasteiger partial charge in [0.25, 0.3) is 0 Å². The normalized spacial score (nSPS) is 16.6. The van der Waals surface area contributed by atoms with Crippen molar-refractivity contribution in [3.05, 3.63) is 29.3 Å². The summed E-state index contributed by atoms with van der Waals surface area (Å²) in [4.78, 5) is 2.04. The van der Waals surface area contributed by atoms with Crippen LogP contribution in [0, 0.1) is 11.6 Å². The fourth-order valence-corrected chi connectivity index (χ4v) is 2.43. The number of rotatable bonds is 1. The molecule has 0 atom stereocenters. The average Bonchev–Trinajstić information content (AvgIpc) is 2.66. The van der Waals surface area contributed by atoms with Gasteiger partial charge < -0.3 is 4.90 Å². The third-order valence-corrected chi connectivity index (χ3v) is 3.25. The van der Waals surface area contributed by atoms with Gasteiger partial charge in [0.2, 0.25) is 0 Å². The van der Waals surface area contributed by atoms with E-state index < -0.39 is 17.0 Å². The molecule has 94 valence electrons. The van der Waals surface area contributed by atoms with Crippen LogP contribution in [0.3, 0.4) is 0 Å². The smallest absolute Gasteiger partial charge is 0.131 e. The lowest BCUT2D eigenvalue weighted by Gasteiger charge is -2.24. The molecule has 1 aromatic rings. The lowest BCUT2D eigenvalue weighted by Crippen LogP contribution is -2.21. The maximum Gasteiger partial charge on any atom is 0.131 e. The van der Waals surface area contributed by atoms with Crippen LogP contribution in [0.2, 0.25) is 0 Å². The van der Waals surface area contributed by atoms with E-state index in [-0.39, 0.29) is 5.56 Å². The maximum atomic E-state index is 14.0. The summed E-state index contributed by atoms with van der Waals surface area (Å²) in [5, 5.41) is 0. The van der Waals surface area contributed by atoms with Crippen molar-refractivity contribution < 1.29 is 8.78 Å². The molecule has 0 radical (unpaired) electrons. The van der Waals surface area contributed by atoms with Crippen molar-refractivity contribution in [3.8, 4) is 0 Å². The van der Waals surface area contributed by atoms with Crippen molar-refractivity contribution in [1.82, 2.24) is 0 Å². The summed E-state index contributed by atoms with van der Waals surface area (Å²) >= 11 is 0. The van der Waals surface area contributed by atoms with Gasteiger partial charge in [-0.3, -0.25) is 0 Å². The fraction of sp³-hybridized carbons (Fsp3) is 0.571. The molecule has 1 aromatic carbocycles. The summed E-state index contributed by atoms with van der Waals surface area (Å²) in [6, 6.07) is 2.93. The highest BCUT2D eigenvalue weighted by molar-refractivity contribution is 5.50. The summed E-state index contributed by atoms with van der Waals surface area (Å²) in [5.41, 5.74) is 0.350. The molecule has 3 heteroatoms. The highest BCUT2D eigenvalue weighted by atomic mass is 19.1. The van der Waals surface area contributed by atoms with Crippen LogP contribution in [0.15, 0.2) is 12.1 Å². The molecular weight excluding hydrogens is 220 g/mol. The first kappa shape index (κ1) is 12.3. The van der Waals surface area contributed by atoms with E-state index in [9.17, 15) is 8.78 Å². The van der Waals surface area contributed by atoms with Crippen molar-refractivity contribution in [1.29, 1.82) is 0 Å². The zero-order valence-electron chi connectivity index (χ0n) is 10.7. The molecule has 17 heavy (non-hydrogen) atoms. The Labute approximate surface area is 101 Å². The molecule has 0 saturated carbocycles. The van der Waals surface area contributed by atoms with Gasteiger partial charge in [0.1, 0.15) is 11.6 Å². The van der Waals surface area contributed by atoms with Crippen LogP contribution in [0.1, 0.15) is 39.2 Å². The minimum Gasteiger partial charge on any atom is -0.371 e. The first-order valence-electron chi connectivity index (χ1n) is 6.14. The highest BCUT2D eigenvalue weighted by Gasteiger charge is 2.25. The number of nitrogens with zero attached hydrogens (tertiary/aromatic N) is 1. The number of hydrogen-bond donors (Lipinski definition) is 0. The van der Waals surface area contributed by atoms with Gasteiger partial charge in [-0.25, -0.2) is 8.78 Å². The predicted molar refractivity (Wildman–Crippen MR) is 66.5 cm³/mol. The van der Waals surface area contributed by atoms with Crippen LogP contribution < -0.4 is 4.90 Å². The van der Waals surface area contributed by atoms with Gasteiger partial charge in [0.15, 0.2) is 0 Å². The predicted octanol–water partition coefficient (Wildman–Crippen LogP) is 3.86. The summed E-state index contributed by atoms with van der Waals surface area (Å²) < 4.78 is 28.0. The topological polar surface area (TPSA) is 3.24 Å². The molecule has 0 aliphatic carbocycles. The molecule has 1 aliphatic rings. The first-order chi connectivity index (χ1) is 7.89. The van der Waals surface area contributed by atoms with Crippen LogP contribution in [-0.4, -0.2) is 13.1 Å². The molecule has 0 spiro atoms. The van der Waals surface area contributed by atoms with Crippen molar-refractivity contribution in [2.75, 3.05) is 18.0 Å². The molecule has 1 fully saturated rings. The second-order valence-electron chi connectivity index (χ2n) is 5.73. The van der Waals surface area contributed by atoms with Crippen LogP contribution in [0.4, 0.5) is 14.5 Å². The first-order valence-corrected chi connectivity index (χ1v) is 6.14. The molecule has 0 bridgehead atoms. The summed E-state index contributed by atoms with van der Waals surface area (Å²) in [6.45, 7) is 7.26. The fourth-order valence-electron chi connectivity index (χ4n) is 2.43. The van der Waals surface area contributed by atoms with E-state index in [2.05, 4.69) is 0 Å². The average molecular weight is 239 g/mol. The number of halogens is 2. The largest absolute Gasteiger partial charge is 0.371 e. The molecule has 0 aromatic heterocycles. The molecule has 1 heterocycles. The Hall–Kier alpha value is -1.12. The molecule has 1 aliphatic heterocycles. The van der Waals surface area contributed by atoms with E-state index >= 15 is 0 Å². The molecule has 1 saturated heterocycles. The Balaban J connectivity index is 2.41. The zero-order valence-corrected chi connectivity index (χ0v) is 10.7. The lowest BCUT2D eigenvalue weighted by molar-refractivity contribution is 0.475. The minimum absolute atomic E-state index is 0.181. The van der Waals surface area contributed by atoms with E-state index in [1.165, 1.54) is 12.1 Å². The maximum absolute atomic E-state index is 14.0. The van der Waals surface area contributed by atoms with E-state index in [0.29, 0.717) is 5.69 Å². The van der Waals surface area contributed by atoms with Gasteiger partial charge in [0, 0.05) is 24.3 Å².